The summed E-state index contributed by atoms with van der Waals surface area (Å²) in [5.74, 6) is 0.0336. The second kappa shape index (κ2) is 6.15. The van der Waals surface area contributed by atoms with Crippen molar-refractivity contribution in [3.63, 3.8) is 0 Å². The fourth-order valence-corrected chi connectivity index (χ4v) is 2.52. The van der Waals surface area contributed by atoms with E-state index in [4.69, 9.17) is 9.63 Å². The summed E-state index contributed by atoms with van der Waals surface area (Å²) in [5, 5.41) is 15.9. The molecule has 0 saturated heterocycles. The predicted molar refractivity (Wildman–Crippen MR) is 81.1 cm³/mol. The molecule has 0 spiro atoms. The number of aliphatic hydroxyl groups excluding tert-OH is 1. The lowest BCUT2D eigenvalue weighted by molar-refractivity contribution is 0.0522. The van der Waals surface area contributed by atoms with Gasteiger partial charge in [0, 0.05) is 11.1 Å². The van der Waals surface area contributed by atoms with Gasteiger partial charge in [-0.1, -0.05) is 12.1 Å². The largest absolute Gasteiger partial charge is 0.388 e. The zero-order chi connectivity index (χ0) is 16.4. The van der Waals surface area contributed by atoms with E-state index in [-0.39, 0.29) is 23.7 Å². The van der Waals surface area contributed by atoms with Crippen molar-refractivity contribution in [2.24, 2.45) is 0 Å². The van der Waals surface area contributed by atoms with Crippen LogP contribution in [-0.4, -0.2) is 46.2 Å². The van der Waals surface area contributed by atoms with Gasteiger partial charge in [0.05, 0.1) is 5.54 Å². The van der Waals surface area contributed by atoms with Gasteiger partial charge >= 0.3 is 0 Å². The lowest BCUT2D eigenvalue weighted by atomic mass is 9.77. The van der Waals surface area contributed by atoms with Crippen LogP contribution >= 0.6 is 0 Å². The van der Waals surface area contributed by atoms with Crippen molar-refractivity contribution in [3.05, 3.63) is 17.0 Å². The minimum atomic E-state index is -0.465. The van der Waals surface area contributed by atoms with Crippen molar-refractivity contribution >= 4 is 5.91 Å². The summed E-state index contributed by atoms with van der Waals surface area (Å²) >= 11 is 0. The van der Waals surface area contributed by atoms with E-state index in [9.17, 15) is 4.79 Å². The topological polar surface area (TPSA) is 78.6 Å². The number of rotatable bonds is 6. The molecule has 21 heavy (non-hydrogen) atoms. The highest BCUT2D eigenvalue weighted by molar-refractivity contribution is 5.94. The third-order valence-corrected chi connectivity index (χ3v) is 4.83. The number of hydrogen-bond donors (Lipinski definition) is 2. The van der Waals surface area contributed by atoms with Gasteiger partial charge in [-0.05, 0) is 48.2 Å². The van der Waals surface area contributed by atoms with Crippen LogP contribution in [0, 0.1) is 6.92 Å². The van der Waals surface area contributed by atoms with Gasteiger partial charge in [-0.25, -0.2) is 0 Å². The molecule has 1 atom stereocenters. The van der Waals surface area contributed by atoms with Crippen LogP contribution in [-0.2, 0) is 6.61 Å². The van der Waals surface area contributed by atoms with Crippen molar-refractivity contribution in [3.8, 4) is 0 Å². The average molecular weight is 297 g/mol. The molecule has 0 aliphatic rings. The minimum Gasteiger partial charge on any atom is -0.388 e. The van der Waals surface area contributed by atoms with E-state index in [1.807, 2.05) is 27.9 Å². The highest BCUT2D eigenvalue weighted by atomic mass is 16.5. The molecule has 0 saturated carbocycles. The predicted octanol–water partition coefficient (Wildman–Crippen LogP) is 1.71. The molecule has 0 fully saturated rings. The van der Waals surface area contributed by atoms with Gasteiger partial charge in [-0.15, -0.1) is 0 Å². The van der Waals surface area contributed by atoms with Gasteiger partial charge in [0.2, 0.25) is 0 Å². The van der Waals surface area contributed by atoms with Crippen LogP contribution in [0.25, 0.3) is 0 Å². The van der Waals surface area contributed by atoms with Gasteiger partial charge in [-0.3, -0.25) is 4.79 Å². The Bertz CT molecular complexity index is 508. The number of hydrogen-bond acceptors (Lipinski definition) is 5. The van der Waals surface area contributed by atoms with Crippen molar-refractivity contribution < 1.29 is 14.4 Å². The summed E-state index contributed by atoms with van der Waals surface area (Å²) < 4.78 is 4.97. The van der Waals surface area contributed by atoms with Crippen molar-refractivity contribution in [2.75, 3.05) is 14.1 Å². The lowest BCUT2D eigenvalue weighted by Crippen LogP contribution is -2.65. The Labute approximate surface area is 126 Å². The SMILES string of the molecule is CCC(C)(N(C)C)C(C)(C)NC(=O)c1noc(CO)c1C. The molecule has 1 heterocycles. The van der Waals surface area contributed by atoms with Crippen LogP contribution < -0.4 is 5.32 Å². The van der Waals surface area contributed by atoms with E-state index in [1.54, 1.807) is 6.92 Å². The Morgan fingerprint density at radius 3 is 2.33 bits per heavy atom. The molecular weight excluding hydrogens is 270 g/mol. The quantitative estimate of drug-likeness (QED) is 0.836. The van der Waals surface area contributed by atoms with Crippen LogP contribution in [0.3, 0.4) is 0 Å². The van der Waals surface area contributed by atoms with E-state index in [0.717, 1.165) is 6.42 Å². The van der Waals surface area contributed by atoms with E-state index in [1.165, 1.54) is 0 Å². The van der Waals surface area contributed by atoms with Gasteiger partial charge in [0.15, 0.2) is 11.5 Å². The summed E-state index contributed by atoms with van der Waals surface area (Å²) in [6.07, 6.45) is 0.882. The van der Waals surface area contributed by atoms with E-state index in [0.29, 0.717) is 11.3 Å². The van der Waals surface area contributed by atoms with Crippen molar-refractivity contribution in [2.45, 2.75) is 58.7 Å². The monoisotopic (exact) mass is 297 g/mol. The van der Waals surface area contributed by atoms with Gasteiger partial charge < -0.3 is 19.8 Å². The van der Waals surface area contributed by atoms with E-state index >= 15 is 0 Å². The minimum absolute atomic E-state index is 0.208. The average Bonchev–Trinajstić information content (AvgIpc) is 2.77. The maximum absolute atomic E-state index is 12.5. The third-order valence-electron chi connectivity index (χ3n) is 4.83. The number of carbonyl (C=O) groups is 1. The Balaban J connectivity index is 3.02. The summed E-state index contributed by atoms with van der Waals surface area (Å²) in [4.78, 5) is 14.6. The first-order chi connectivity index (χ1) is 9.60. The summed E-state index contributed by atoms with van der Waals surface area (Å²) in [6, 6.07) is 0. The fourth-order valence-electron chi connectivity index (χ4n) is 2.52. The normalized spacial score (nSPS) is 15.1. The molecule has 6 heteroatoms. The molecule has 0 aliphatic heterocycles. The summed E-state index contributed by atoms with van der Waals surface area (Å²) in [6.45, 7) is 9.66. The Morgan fingerprint density at radius 2 is 1.95 bits per heavy atom. The van der Waals surface area contributed by atoms with Crippen molar-refractivity contribution in [1.29, 1.82) is 0 Å². The number of amides is 1. The van der Waals surface area contributed by atoms with Crippen LogP contribution in [0.15, 0.2) is 4.52 Å². The summed E-state index contributed by atoms with van der Waals surface area (Å²) in [5.41, 5.74) is 0.130. The van der Waals surface area contributed by atoms with E-state index in [2.05, 4.69) is 29.2 Å². The second-order valence-corrected chi connectivity index (χ2v) is 6.34. The van der Waals surface area contributed by atoms with E-state index < -0.39 is 5.54 Å². The molecule has 1 rings (SSSR count). The molecule has 0 radical (unpaired) electrons. The summed E-state index contributed by atoms with van der Waals surface area (Å²) in [7, 11) is 4.01. The van der Waals surface area contributed by atoms with Gasteiger partial charge in [-0.2, -0.15) is 0 Å². The number of aliphatic hydroxyl groups is 1. The van der Waals surface area contributed by atoms with Crippen LogP contribution in [0.1, 0.15) is 55.9 Å². The number of aromatic nitrogens is 1. The fraction of sp³-hybridized carbons (Fsp3) is 0.733. The highest BCUT2D eigenvalue weighted by Gasteiger charge is 2.43. The Kier molecular flexibility index (Phi) is 5.17. The third kappa shape index (κ3) is 3.11. The van der Waals surface area contributed by atoms with Gasteiger partial charge in [0.1, 0.15) is 6.61 Å². The number of nitrogens with one attached hydrogen (secondary N) is 1. The standard InChI is InChI=1S/C15H27N3O3/c1-8-15(5,18(6)7)14(3,4)16-13(20)12-10(2)11(9-19)21-17-12/h19H,8-9H2,1-7H3,(H,16,20). The first kappa shape index (κ1) is 17.7. The maximum Gasteiger partial charge on any atom is 0.274 e. The molecule has 1 unspecified atom stereocenters. The first-order valence-corrected chi connectivity index (χ1v) is 7.16. The molecule has 0 aliphatic carbocycles. The molecule has 120 valence electrons. The second-order valence-electron chi connectivity index (χ2n) is 6.34. The highest BCUT2D eigenvalue weighted by Crippen LogP contribution is 2.30. The molecule has 1 aromatic heterocycles. The van der Waals surface area contributed by atoms with Gasteiger partial charge in [0.25, 0.3) is 5.91 Å². The molecule has 1 aromatic rings. The smallest absolute Gasteiger partial charge is 0.274 e. The van der Waals surface area contributed by atoms with Crippen LogP contribution in [0.4, 0.5) is 0 Å². The molecular formula is C15H27N3O3. The number of nitrogens with zero attached hydrogens (tertiary/aromatic N) is 2. The molecule has 2 N–H and O–H groups in total. The molecule has 1 amide bonds. The first-order valence-electron chi connectivity index (χ1n) is 7.16. The Morgan fingerprint density at radius 1 is 1.38 bits per heavy atom. The van der Waals surface area contributed by atoms with Crippen LogP contribution in [0.2, 0.25) is 0 Å². The lowest BCUT2D eigenvalue weighted by Gasteiger charge is -2.48. The van der Waals surface area contributed by atoms with Crippen LogP contribution in [0.5, 0.6) is 0 Å². The number of likely N-dealkylation sites (N-methyl/N-ethyl adjacent to an activating group) is 1. The maximum atomic E-state index is 12.5. The molecule has 0 aromatic carbocycles. The number of carbonyl (C=O) groups excluding carboxylic acids is 1. The zero-order valence-electron chi connectivity index (χ0n) is 14.1. The zero-order valence-corrected chi connectivity index (χ0v) is 14.1. The molecule has 0 bridgehead atoms. The molecule has 6 nitrogen and oxygen atoms in total. The van der Waals surface area contributed by atoms with Crippen molar-refractivity contribution in [1.82, 2.24) is 15.4 Å². The Hall–Kier alpha value is -1.40.